The lowest BCUT2D eigenvalue weighted by molar-refractivity contribution is -0.113. The van der Waals surface area contributed by atoms with Crippen LogP contribution in [-0.2, 0) is 4.79 Å². The number of nitrogens with one attached hydrogen (secondary N) is 3. The third-order valence-corrected chi connectivity index (χ3v) is 4.57. The quantitative estimate of drug-likeness (QED) is 0.775. The molecule has 2 aromatic rings. The molecule has 1 heterocycles. The van der Waals surface area contributed by atoms with Crippen LogP contribution < -0.4 is 20.7 Å². The van der Waals surface area contributed by atoms with E-state index in [4.69, 9.17) is 4.74 Å². The van der Waals surface area contributed by atoms with Gasteiger partial charge < -0.3 is 20.7 Å². The molecule has 27 heavy (non-hydrogen) atoms. The Morgan fingerprint density at radius 3 is 2.59 bits per heavy atom. The zero-order valence-electron chi connectivity index (χ0n) is 15.8. The van der Waals surface area contributed by atoms with Gasteiger partial charge in [-0.15, -0.1) is 0 Å². The third kappa shape index (κ3) is 3.95. The van der Waals surface area contributed by atoms with Crippen LogP contribution in [0.15, 0.2) is 53.7 Å². The Labute approximate surface area is 158 Å². The van der Waals surface area contributed by atoms with Crippen LogP contribution in [0.3, 0.4) is 0 Å². The molecule has 3 N–H and O–H groups in total. The summed E-state index contributed by atoms with van der Waals surface area (Å²) in [5, 5.41) is 8.48. The van der Waals surface area contributed by atoms with E-state index in [1.165, 1.54) is 0 Å². The molecule has 0 spiro atoms. The number of carbonyl (C=O) groups is 2. The molecule has 2 aromatic carbocycles. The molecule has 3 rings (SSSR count). The first kappa shape index (κ1) is 18.5. The van der Waals surface area contributed by atoms with Gasteiger partial charge in [0.2, 0.25) is 0 Å². The number of benzene rings is 2. The van der Waals surface area contributed by atoms with Crippen molar-refractivity contribution in [2.45, 2.75) is 26.8 Å². The maximum absolute atomic E-state index is 13.1. The molecule has 1 atom stereocenters. The predicted molar refractivity (Wildman–Crippen MR) is 105 cm³/mol. The van der Waals surface area contributed by atoms with Crippen molar-refractivity contribution in [3.05, 3.63) is 70.4 Å². The first-order chi connectivity index (χ1) is 12.9. The summed E-state index contributed by atoms with van der Waals surface area (Å²) in [7, 11) is 1.58. The molecule has 0 bridgehead atoms. The number of methoxy groups -OCH3 is 1. The number of ether oxygens (including phenoxy) is 1. The summed E-state index contributed by atoms with van der Waals surface area (Å²) in [5.74, 6) is 0.395. The number of allylic oxidation sites excluding steroid dienone is 1. The van der Waals surface area contributed by atoms with E-state index in [1.54, 1.807) is 14.0 Å². The second kappa shape index (κ2) is 7.53. The fraction of sp³-hybridized carbons (Fsp3) is 0.238. The number of aryl methyl sites for hydroxylation is 2. The number of carbonyl (C=O) groups excluding carboxylic acids is 2. The number of hydrogen-bond donors (Lipinski definition) is 3. The zero-order valence-corrected chi connectivity index (χ0v) is 15.8. The van der Waals surface area contributed by atoms with Crippen LogP contribution in [0, 0.1) is 13.8 Å². The summed E-state index contributed by atoms with van der Waals surface area (Å²) in [6, 6.07) is 12.2. The highest BCUT2D eigenvalue weighted by Gasteiger charge is 2.31. The van der Waals surface area contributed by atoms with Gasteiger partial charge in [0.1, 0.15) is 5.75 Å². The minimum Gasteiger partial charge on any atom is -0.497 e. The SMILES string of the molecule is COc1cccc(C2NC(=O)NC(C)=C2C(=O)Nc2ccc(C)cc2C)c1. The minimum atomic E-state index is -0.570. The fourth-order valence-corrected chi connectivity index (χ4v) is 3.21. The first-order valence-corrected chi connectivity index (χ1v) is 8.70. The summed E-state index contributed by atoms with van der Waals surface area (Å²) in [6.45, 7) is 5.68. The van der Waals surface area contributed by atoms with Gasteiger partial charge in [0.05, 0.1) is 18.7 Å². The summed E-state index contributed by atoms with van der Waals surface area (Å²) in [6.07, 6.45) is 0. The highest BCUT2D eigenvalue weighted by atomic mass is 16.5. The van der Waals surface area contributed by atoms with Gasteiger partial charge in [-0.05, 0) is 50.1 Å². The van der Waals surface area contributed by atoms with Crippen LogP contribution in [0.25, 0.3) is 0 Å². The molecule has 140 valence electrons. The van der Waals surface area contributed by atoms with Crippen molar-refractivity contribution in [3.8, 4) is 5.75 Å². The van der Waals surface area contributed by atoms with Crippen molar-refractivity contribution in [1.29, 1.82) is 0 Å². The second-order valence-electron chi connectivity index (χ2n) is 6.62. The van der Waals surface area contributed by atoms with E-state index in [2.05, 4.69) is 16.0 Å². The van der Waals surface area contributed by atoms with Crippen LogP contribution in [0.5, 0.6) is 5.75 Å². The summed E-state index contributed by atoms with van der Waals surface area (Å²) < 4.78 is 5.27. The lowest BCUT2D eigenvalue weighted by atomic mass is 9.94. The Morgan fingerprint density at radius 1 is 1.11 bits per heavy atom. The fourth-order valence-electron chi connectivity index (χ4n) is 3.21. The van der Waals surface area contributed by atoms with E-state index < -0.39 is 6.04 Å². The Morgan fingerprint density at radius 2 is 1.89 bits per heavy atom. The number of anilines is 1. The lowest BCUT2D eigenvalue weighted by Gasteiger charge is -2.29. The molecule has 0 aromatic heterocycles. The van der Waals surface area contributed by atoms with Gasteiger partial charge >= 0.3 is 6.03 Å². The van der Waals surface area contributed by atoms with Crippen molar-refractivity contribution in [2.75, 3.05) is 12.4 Å². The molecule has 0 radical (unpaired) electrons. The number of hydrogen-bond acceptors (Lipinski definition) is 3. The monoisotopic (exact) mass is 365 g/mol. The topological polar surface area (TPSA) is 79.5 Å². The van der Waals surface area contributed by atoms with Gasteiger partial charge in [-0.1, -0.05) is 29.8 Å². The molecule has 0 saturated heterocycles. The van der Waals surface area contributed by atoms with Crippen LogP contribution in [0.1, 0.15) is 29.7 Å². The van der Waals surface area contributed by atoms with E-state index in [1.807, 2.05) is 56.3 Å². The van der Waals surface area contributed by atoms with Crippen molar-refractivity contribution < 1.29 is 14.3 Å². The van der Waals surface area contributed by atoms with Crippen LogP contribution in [0.2, 0.25) is 0 Å². The van der Waals surface area contributed by atoms with E-state index >= 15 is 0 Å². The minimum absolute atomic E-state index is 0.264. The van der Waals surface area contributed by atoms with Crippen LogP contribution >= 0.6 is 0 Å². The first-order valence-electron chi connectivity index (χ1n) is 8.70. The molecular formula is C21H23N3O3. The average Bonchev–Trinajstić information content (AvgIpc) is 2.63. The lowest BCUT2D eigenvalue weighted by Crippen LogP contribution is -2.46. The summed E-state index contributed by atoms with van der Waals surface area (Å²) in [4.78, 5) is 25.1. The van der Waals surface area contributed by atoms with Gasteiger partial charge in [0.25, 0.3) is 5.91 Å². The Balaban J connectivity index is 1.96. The average molecular weight is 365 g/mol. The molecule has 1 aliphatic heterocycles. The molecule has 1 aliphatic rings. The van der Waals surface area contributed by atoms with E-state index in [0.717, 1.165) is 22.4 Å². The Bertz CT molecular complexity index is 934. The molecule has 6 heteroatoms. The number of amides is 3. The third-order valence-electron chi connectivity index (χ3n) is 4.57. The molecule has 0 fully saturated rings. The van der Waals surface area contributed by atoms with Crippen LogP contribution in [-0.4, -0.2) is 19.0 Å². The molecule has 1 unspecified atom stereocenters. The zero-order chi connectivity index (χ0) is 19.6. The summed E-state index contributed by atoms with van der Waals surface area (Å²) in [5.41, 5.74) is 4.60. The van der Waals surface area contributed by atoms with E-state index in [9.17, 15) is 9.59 Å². The van der Waals surface area contributed by atoms with Crippen molar-refractivity contribution in [2.24, 2.45) is 0 Å². The van der Waals surface area contributed by atoms with Gasteiger partial charge in [-0.2, -0.15) is 0 Å². The van der Waals surface area contributed by atoms with Gasteiger partial charge in [0.15, 0.2) is 0 Å². The smallest absolute Gasteiger partial charge is 0.319 e. The molecule has 6 nitrogen and oxygen atoms in total. The second-order valence-corrected chi connectivity index (χ2v) is 6.62. The Hall–Kier alpha value is -3.28. The van der Waals surface area contributed by atoms with E-state index in [-0.39, 0.29) is 11.9 Å². The molecule has 0 aliphatic carbocycles. The van der Waals surface area contributed by atoms with Crippen molar-refractivity contribution in [3.63, 3.8) is 0 Å². The maximum Gasteiger partial charge on any atom is 0.319 e. The number of rotatable bonds is 4. The van der Waals surface area contributed by atoms with E-state index in [0.29, 0.717) is 17.0 Å². The standard InChI is InChI=1S/C21H23N3O3/c1-12-8-9-17(13(2)10-12)23-20(25)18-14(3)22-21(26)24-19(18)15-6-5-7-16(11-15)27-4/h5-11,19H,1-4H3,(H,23,25)(H2,22,24,26). The van der Waals surface area contributed by atoms with Gasteiger partial charge in [-0.25, -0.2) is 4.79 Å². The van der Waals surface area contributed by atoms with Crippen LogP contribution in [0.4, 0.5) is 10.5 Å². The van der Waals surface area contributed by atoms with Gasteiger partial charge in [0, 0.05) is 11.4 Å². The summed E-state index contributed by atoms with van der Waals surface area (Å²) >= 11 is 0. The highest BCUT2D eigenvalue weighted by molar-refractivity contribution is 6.07. The molecule has 3 amide bonds. The Kier molecular flexibility index (Phi) is 5.16. The van der Waals surface area contributed by atoms with Crippen molar-refractivity contribution >= 4 is 17.6 Å². The maximum atomic E-state index is 13.1. The predicted octanol–water partition coefficient (Wildman–Crippen LogP) is 3.58. The van der Waals surface area contributed by atoms with Gasteiger partial charge in [-0.3, -0.25) is 4.79 Å². The molecule has 0 saturated carbocycles. The van der Waals surface area contributed by atoms with Crippen molar-refractivity contribution in [1.82, 2.24) is 10.6 Å². The number of urea groups is 1. The molecular weight excluding hydrogens is 342 g/mol. The largest absolute Gasteiger partial charge is 0.497 e. The highest BCUT2D eigenvalue weighted by Crippen LogP contribution is 2.30. The normalized spacial score (nSPS) is 16.4.